The minimum absolute atomic E-state index is 0. The molecule has 0 saturated heterocycles. The molecule has 0 spiro atoms. The SMILES string of the molecule is CN=C(NCCNC(=O)c1ccc(C)c(F)c1)Nc1ccc(OC)c(OC)c1.I. The van der Waals surface area contributed by atoms with Crippen molar-refractivity contribution in [2.45, 2.75) is 6.92 Å². The summed E-state index contributed by atoms with van der Waals surface area (Å²) in [7, 11) is 4.78. The second kappa shape index (κ2) is 12.1. The molecule has 0 bridgehead atoms. The number of anilines is 1. The van der Waals surface area contributed by atoms with E-state index in [9.17, 15) is 9.18 Å². The zero-order valence-electron chi connectivity index (χ0n) is 16.8. The molecular formula is C20H26FIN4O3. The first-order valence-electron chi connectivity index (χ1n) is 8.72. The summed E-state index contributed by atoms with van der Waals surface area (Å²) < 4.78 is 24.0. The normalized spacial score (nSPS) is 10.6. The van der Waals surface area contributed by atoms with Gasteiger partial charge in [0.2, 0.25) is 0 Å². The predicted molar refractivity (Wildman–Crippen MR) is 123 cm³/mol. The standard InChI is InChI=1S/C20H25FN4O3.HI/c1-13-5-6-14(11-16(13)21)19(26)23-9-10-24-20(22-2)25-15-7-8-17(27-3)18(12-15)28-4;/h5-8,11-12H,9-10H2,1-4H3,(H,23,26)(H2,22,24,25);1H. The summed E-state index contributed by atoms with van der Waals surface area (Å²) in [4.78, 5) is 16.2. The van der Waals surface area contributed by atoms with Gasteiger partial charge in [-0.05, 0) is 36.8 Å². The van der Waals surface area contributed by atoms with E-state index in [4.69, 9.17) is 9.47 Å². The summed E-state index contributed by atoms with van der Waals surface area (Å²) in [6.45, 7) is 2.44. The van der Waals surface area contributed by atoms with Crippen molar-refractivity contribution in [1.29, 1.82) is 0 Å². The van der Waals surface area contributed by atoms with E-state index in [2.05, 4.69) is 20.9 Å². The third kappa shape index (κ3) is 7.08. The molecule has 0 radical (unpaired) electrons. The smallest absolute Gasteiger partial charge is 0.251 e. The zero-order chi connectivity index (χ0) is 20.5. The van der Waals surface area contributed by atoms with Crippen LogP contribution in [0.3, 0.4) is 0 Å². The zero-order valence-corrected chi connectivity index (χ0v) is 19.2. The number of nitrogens with zero attached hydrogens (tertiary/aromatic N) is 1. The maximum Gasteiger partial charge on any atom is 0.251 e. The summed E-state index contributed by atoms with van der Waals surface area (Å²) in [5.74, 6) is 1.03. The summed E-state index contributed by atoms with van der Waals surface area (Å²) in [6, 6.07) is 9.82. The van der Waals surface area contributed by atoms with Crippen LogP contribution in [-0.2, 0) is 0 Å². The van der Waals surface area contributed by atoms with E-state index in [-0.39, 0.29) is 35.4 Å². The van der Waals surface area contributed by atoms with Gasteiger partial charge in [-0.15, -0.1) is 24.0 Å². The molecule has 2 aromatic rings. The van der Waals surface area contributed by atoms with Crippen molar-refractivity contribution < 1.29 is 18.7 Å². The van der Waals surface area contributed by atoms with Gasteiger partial charge in [-0.1, -0.05) is 6.07 Å². The number of guanidine groups is 1. The summed E-state index contributed by atoms with van der Waals surface area (Å²) in [5.41, 5.74) is 1.56. The number of halogens is 2. The number of benzene rings is 2. The van der Waals surface area contributed by atoms with Crippen molar-refractivity contribution in [2.24, 2.45) is 4.99 Å². The molecule has 0 aliphatic heterocycles. The molecule has 0 fully saturated rings. The highest BCUT2D eigenvalue weighted by Crippen LogP contribution is 2.29. The van der Waals surface area contributed by atoms with Gasteiger partial charge in [-0.3, -0.25) is 9.79 Å². The lowest BCUT2D eigenvalue weighted by Gasteiger charge is -2.14. The maximum atomic E-state index is 13.6. The molecule has 0 aromatic heterocycles. The Balaban J connectivity index is 0.00000420. The molecule has 29 heavy (non-hydrogen) atoms. The number of ether oxygens (including phenoxy) is 2. The van der Waals surface area contributed by atoms with Crippen LogP contribution in [0.5, 0.6) is 11.5 Å². The summed E-state index contributed by atoms with van der Waals surface area (Å²) in [5, 5.41) is 8.95. The van der Waals surface area contributed by atoms with Crippen molar-refractivity contribution in [3.8, 4) is 11.5 Å². The largest absolute Gasteiger partial charge is 0.493 e. The van der Waals surface area contributed by atoms with Crippen LogP contribution in [0.15, 0.2) is 41.4 Å². The van der Waals surface area contributed by atoms with Gasteiger partial charge in [0.05, 0.1) is 14.2 Å². The Bertz CT molecular complexity index is 862. The topological polar surface area (TPSA) is 84.0 Å². The Morgan fingerprint density at radius 3 is 2.34 bits per heavy atom. The Labute approximate surface area is 187 Å². The van der Waals surface area contributed by atoms with Crippen LogP contribution >= 0.6 is 24.0 Å². The van der Waals surface area contributed by atoms with E-state index in [0.29, 0.717) is 36.1 Å². The van der Waals surface area contributed by atoms with Crippen LogP contribution in [0.2, 0.25) is 0 Å². The number of carbonyl (C=O) groups is 1. The fourth-order valence-corrected chi connectivity index (χ4v) is 2.42. The third-order valence-corrected chi connectivity index (χ3v) is 4.01. The highest BCUT2D eigenvalue weighted by molar-refractivity contribution is 14.0. The number of aliphatic imine (C=N–C) groups is 1. The fraction of sp³-hybridized carbons (Fsp3) is 0.300. The van der Waals surface area contributed by atoms with Crippen molar-refractivity contribution in [1.82, 2.24) is 10.6 Å². The van der Waals surface area contributed by atoms with Crippen LogP contribution in [0.25, 0.3) is 0 Å². The average Bonchev–Trinajstić information content (AvgIpc) is 2.71. The second-order valence-electron chi connectivity index (χ2n) is 5.91. The lowest BCUT2D eigenvalue weighted by Crippen LogP contribution is -2.37. The minimum atomic E-state index is -0.398. The van der Waals surface area contributed by atoms with Crippen LogP contribution in [-0.4, -0.2) is 46.2 Å². The van der Waals surface area contributed by atoms with Gasteiger partial charge >= 0.3 is 0 Å². The number of hydrogen-bond donors (Lipinski definition) is 3. The first-order chi connectivity index (χ1) is 13.5. The fourth-order valence-electron chi connectivity index (χ4n) is 2.42. The van der Waals surface area contributed by atoms with Gasteiger partial charge in [-0.2, -0.15) is 0 Å². The first kappa shape index (κ1) is 24.5. The first-order valence-corrected chi connectivity index (χ1v) is 8.72. The summed E-state index contributed by atoms with van der Waals surface area (Å²) >= 11 is 0. The van der Waals surface area contributed by atoms with Gasteiger partial charge in [-0.25, -0.2) is 4.39 Å². The number of aryl methyl sites for hydroxylation is 1. The third-order valence-electron chi connectivity index (χ3n) is 4.01. The Hall–Kier alpha value is -2.56. The van der Waals surface area contributed by atoms with E-state index in [1.165, 1.54) is 6.07 Å². The number of methoxy groups -OCH3 is 2. The number of carbonyl (C=O) groups excluding carboxylic acids is 1. The van der Waals surface area contributed by atoms with Crippen molar-refractivity contribution in [2.75, 3.05) is 39.7 Å². The molecule has 0 aliphatic carbocycles. The number of nitrogens with one attached hydrogen (secondary N) is 3. The van der Waals surface area contributed by atoms with Gasteiger partial charge in [0, 0.05) is 37.5 Å². The van der Waals surface area contributed by atoms with Gasteiger partial charge in [0.15, 0.2) is 17.5 Å². The van der Waals surface area contributed by atoms with Crippen molar-refractivity contribution >= 4 is 41.5 Å². The van der Waals surface area contributed by atoms with Crippen LogP contribution < -0.4 is 25.4 Å². The molecule has 1 amide bonds. The van der Waals surface area contributed by atoms with Gasteiger partial charge < -0.3 is 25.4 Å². The molecule has 0 saturated carbocycles. The van der Waals surface area contributed by atoms with Crippen molar-refractivity contribution in [3.63, 3.8) is 0 Å². The molecule has 7 nitrogen and oxygen atoms in total. The van der Waals surface area contributed by atoms with Crippen LogP contribution in [0, 0.1) is 12.7 Å². The molecule has 0 aliphatic rings. The predicted octanol–water partition coefficient (Wildman–Crippen LogP) is 3.19. The highest BCUT2D eigenvalue weighted by Gasteiger charge is 2.08. The number of amides is 1. The molecule has 2 aromatic carbocycles. The van der Waals surface area contributed by atoms with E-state index in [0.717, 1.165) is 5.69 Å². The van der Waals surface area contributed by atoms with Crippen molar-refractivity contribution in [3.05, 3.63) is 53.3 Å². The molecule has 2 rings (SSSR count). The average molecular weight is 516 g/mol. The lowest BCUT2D eigenvalue weighted by molar-refractivity contribution is 0.0954. The van der Waals surface area contributed by atoms with E-state index >= 15 is 0 Å². The van der Waals surface area contributed by atoms with Crippen LogP contribution in [0.1, 0.15) is 15.9 Å². The Morgan fingerprint density at radius 2 is 1.72 bits per heavy atom. The number of rotatable bonds is 7. The molecular weight excluding hydrogens is 490 g/mol. The second-order valence-corrected chi connectivity index (χ2v) is 5.91. The van der Waals surface area contributed by atoms with Crippen LogP contribution in [0.4, 0.5) is 10.1 Å². The van der Waals surface area contributed by atoms with E-state index in [1.807, 2.05) is 6.07 Å². The quantitative estimate of drug-likeness (QED) is 0.228. The van der Waals surface area contributed by atoms with Gasteiger partial charge in [0.1, 0.15) is 5.82 Å². The van der Waals surface area contributed by atoms with E-state index < -0.39 is 5.82 Å². The molecule has 0 atom stereocenters. The lowest BCUT2D eigenvalue weighted by atomic mass is 10.1. The molecule has 0 unspecified atom stereocenters. The number of hydrogen-bond acceptors (Lipinski definition) is 4. The molecule has 158 valence electrons. The van der Waals surface area contributed by atoms with Gasteiger partial charge in [0.25, 0.3) is 5.91 Å². The Kier molecular flexibility index (Phi) is 10.2. The molecule has 3 N–H and O–H groups in total. The molecule has 0 heterocycles. The monoisotopic (exact) mass is 516 g/mol. The Morgan fingerprint density at radius 1 is 1.03 bits per heavy atom. The highest BCUT2D eigenvalue weighted by atomic mass is 127. The van der Waals surface area contributed by atoms with E-state index in [1.54, 1.807) is 52.5 Å². The maximum absolute atomic E-state index is 13.6. The summed E-state index contributed by atoms with van der Waals surface area (Å²) in [6.07, 6.45) is 0. The molecule has 9 heteroatoms. The minimum Gasteiger partial charge on any atom is -0.493 e.